The number of nitrogens with zero attached hydrogens (tertiary/aromatic N) is 2. The molecule has 0 saturated heterocycles. The van der Waals surface area contributed by atoms with E-state index in [4.69, 9.17) is 4.42 Å². The fraction of sp³-hybridized carbons (Fsp3) is 0.200. The van der Waals surface area contributed by atoms with Gasteiger partial charge in [0.1, 0.15) is 10.7 Å². The van der Waals surface area contributed by atoms with Gasteiger partial charge in [-0.15, -0.1) is 0 Å². The van der Waals surface area contributed by atoms with Crippen molar-refractivity contribution < 1.29 is 14.1 Å². The van der Waals surface area contributed by atoms with E-state index >= 15 is 0 Å². The molecule has 118 valence electrons. The molecule has 0 aliphatic rings. The van der Waals surface area contributed by atoms with Gasteiger partial charge in [0.15, 0.2) is 5.76 Å². The number of hydrogen-bond donors (Lipinski definition) is 2. The third kappa shape index (κ3) is 3.37. The number of rotatable bonds is 6. The van der Waals surface area contributed by atoms with Crippen LogP contribution in [0, 0.1) is 10.1 Å². The van der Waals surface area contributed by atoms with E-state index in [1.807, 2.05) is 24.3 Å². The molecule has 3 aromatic rings. The molecule has 3 rings (SSSR count). The van der Waals surface area contributed by atoms with E-state index in [1.54, 1.807) is 0 Å². The summed E-state index contributed by atoms with van der Waals surface area (Å²) < 4.78 is 4.83. The largest absolute Gasteiger partial charge is 0.433 e. The number of amides is 1. The highest BCUT2D eigenvalue weighted by molar-refractivity contribution is 5.91. The average Bonchev–Trinajstić information content (AvgIpc) is 3.17. The first kappa shape index (κ1) is 14.8. The minimum Gasteiger partial charge on any atom is -0.395 e. The fourth-order valence-corrected chi connectivity index (χ4v) is 2.22. The number of hydrogen-bond acceptors (Lipinski definition) is 5. The lowest BCUT2D eigenvalue weighted by Gasteiger charge is -2.01. The van der Waals surface area contributed by atoms with E-state index < -0.39 is 16.7 Å². The Kier molecular flexibility index (Phi) is 4.05. The number of para-hydroxylation sites is 2. The van der Waals surface area contributed by atoms with Crippen molar-refractivity contribution >= 4 is 22.8 Å². The van der Waals surface area contributed by atoms with E-state index in [0.29, 0.717) is 19.4 Å². The number of carbonyl (C=O) groups is 1. The summed E-state index contributed by atoms with van der Waals surface area (Å²) in [4.78, 5) is 29.3. The summed E-state index contributed by atoms with van der Waals surface area (Å²) in [6.07, 6.45) is 1.38. The molecule has 2 N–H and O–H groups in total. The van der Waals surface area contributed by atoms with Crippen molar-refractivity contribution in [3.63, 3.8) is 0 Å². The van der Waals surface area contributed by atoms with Crippen molar-refractivity contribution in [3.05, 3.63) is 58.1 Å². The Morgan fingerprint density at radius 3 is 2.87 bits per heavy atom. The SMILES string of the molecule is O=C(NCCCc1nc2ccccc2[nH]1)c1ccc([N+](=O)[O-])o1. The first-order valence-electron chi connectivity index (χ1n) is 7.09. The van der Waals surface area contributed by atoms with Gasteiger partial charge in [-0.3, -0.25) is 14.9 Å². The third-order valence-electron chi connectivity index (χ3n) is 3.31. The van der Waals surface area contributed by atoms with E-state index in [2.05, 4.69) is 15.3 Å². The van der Waals surface area contributed by atoms with Crippen LogP contribution in [0.4, 0.5) is 5.88 Å². The van der Waals surface area contributed by atoms with E-state index in [-0.39, 0.29) is 5.76 Å². The molecule has 0 bridgehead atoms. The number of aromatic amines is 1. The number of fused-ring (bicyclic) bond motifs is 1. The zero-order chi connectivity index (χ0) is 16.2. The minimum absolute atomic E-state index is 0.0690. The zero-order valence-electron chi connectivity index (χ0n) is 12.1. The number of aromatic nitrogens is 2. The average molecular weight is 314 g/mol. The molecule has 0 unspecified atom stereocenters. The summed E-state index contributed by atoms with van der Waals surface area (Å²) in [5, 5.41) is 13.2. The lowest BCUT2D eigenvalue weighted by molar-refractivity contribution is -0.402. The smallest absolute Gasteiger partial charge is 0.395 e. The topological polar surface area (TPSA) is 114 Å². The van der Waals surface area contributed by atoms with Gasteiger partial charge in [0.05, 0.1) is 17.1 Å². The van der Waals surface area contributed by atoms with Gasteiger partial charge in [0.2, 0.25) is 0 Å². The summed E-state index contributed by atoms with van der Waals surface area (Å²) in [6.45, 7) is 0.421. The van der Waals surface area contributed by atoms with Crippen molar-refractivity contribution in [2.45, 2.75) is 12.8 Å². The number of carbonyl (C=O) groups excluding carboxylic acids is 1. The van der Waals surface area contributed by atoms with Gasteiger partial charge in [-0.1, -0.05) is 12.1 Å². The number of nitro groups is 1. The van der Waals surface area contributed by atoms with Crippen LogP contribution in [0.1, 0.15) is 22.8 Å². The number of benzene rings is 1. The van der Waals surface area contributed by atoms with Gasteiger partial charge < -0.3 is 14.7 Å². The summed E-state index contributed by atoms with van der Waals surface area (Å²) >= 11 is 0. The molecule has 0 saturated carbocycles. The van der Waals surface area contributed by atoms with Crippen LogP contribution in [0.3, 0.4) is 0 Å². The Morgan fingerprint density at radius 2 is 2.13 bits per heavy atom. The molecule has 0 spiro atoms. The maximum Gasteiger partial charge on any atom is 0.433 e. The molecule has 23 heavy (non-hydrogen) atoms. The third-order valence-corrected chi connectivity index (χ3v) is 3.31. The first-order chi connectivity index (χ1) is 11.1. The van der Waals surface area contributed by atoms with Crippen molar-refractivity contribution in [2.75, 3.05) is 6.54 Å². The molecule has 2 heterocycles. The van der Waals surface area contributed by atoms with Crippen LogP contribution in [0.5, 0.6) is 0 Å². The molecule has 1 amide bonds. The molecule has 0 radical (unpaired) electrons. The number of imidazole rings is 1. The quantitative estimate of drug-likeness (QED) is 0.412. The van der Waals surface area contributed by atoms with Crippen LogP contribution in [0.2, 0.25) is 0 Å². The van der Waals surface area contributed by atoms with Crippen molar-refractivity contribution in [2.24, 2.45) is 0 Å². The van der Waals surface area contributed by atoms with Crippen LogP contribution >= 0.6 is 0 Å². The monoisotopic (exact) mass is 314 g/mol. The Bertz CT molecular complexity index is 819. The predicted molar refractivity (Wildman–Crippen MR) is 82.1 cm³/mol. The number of nitrogens with one attached hydrogen (secondary N) is 2. The lowest BCUT2D eigenvalue weighted by atomic mass is 10.3. The van der Waals surface area contributed by atoms with Crippen LogP contribution in [0.15, 0.2) is 40.8 Å². The molecular weight excluding hydrogens is 300 g/mol. The molecule has 0 fully saturated rings. The number of H-pyrrole nitrogens is 1. The second-order valence-electron chi connectivity index (χ2n) is 4.96. The van der Waals surface area contributed by atoms with Crippen molar-refractivity contribution in [1.82, 2.24) is 15.3 Å². The number of aryl methyl sites for hydroxylation is 1. The summed E-state index contributed by atoms with van der Waals surface area (Å²) in [7, 11) is 0. The van der Waals surface area contributed by atoms with Gasteiger partial charge >= 0.3 is 5.88 Å². The molecular formula is C15H14N4O4. The van der Waals surface area contributed by atoms with E-state index in [9.17, 15) is 14.9 Å². The highest BCUT2D eigenvalue weighted by Crippen LogP contribution is 2.15. The van der Waals surface area contributed by atoms with Gasteiger partial charge in [0, 0.05) is 13.0 Å². The molecule has 0 aliphatic heterocycles. The maximum atomic E-state index is 11.8. The molecule has 8 nitrogen and oxygen atoms in total. The van der Waals surface area contributed by atoms with E-state index in [1.165, 1.54) is 6.07 Å². The summed E-state index contributed by atoms with van der Waals surface area (Å²) in [5.74, 6) is -0.130. The normalized spacial score (nSPS) is 10.8. The highest BCUT2D eigenvalue weighted by atomic mass is 16.6. The number of furan rings is 1. The Balaban J connectivity index is 1.49. The predicted octanol–water partition coefficient (Wildman–Crippen LogP) is 2.43. The van der Waals surface area contributed by atoms with Crippen LogP contribution < -0.4 is 5.32 Å². The molecule has 0 atom stereocenters. The molecule has 1 aromatic carbocycles. The second kappa shape index (κ2) is 6.30. The zero-order valence-corrected chi connectivity index (χ0v) is 12.1. The Hall–Kier alpha value is -3.16. The standard InChI is InChI=1S/C15H14N4O4/c20-15(12-7-8-14(23-12)19(21)22)16-9-3-6-13-17-10-4-1-2-5-11(10)18-13/h1-2,4-5,7-8H,3,6,9H2,(H,16,20)(H,17,18). The van der Waals surface area contributed by atoms with Crippen LogP contribution in [-0.4, -0.2) is 27.3 Å². The first-order valence-corrected chi connectivity index (χ1v) is 7.09. The molecule has 0 aliphatic carbocycles. The Morgan fingerprint density at radius 1 is 1.30 bits per heavy atom. The summed E-state index contributed by atoms with van der Waals surface area (Å²) in [6, 6.07) is 10.2. The van der Waals surface area contributed by atoms with Gasteiger partial charge in [-0.05, 0) is 24.6 Å². The van der Waals surface area contributed by atoms with E-state index in [0.717, 1.165) is 22.9 Å². The molecule has 2 aromatic heterocycles. The van der Waals surface area contributed by atoms with Gasteiger partial charge in [-0.2, -0.15) is 0 Å². The lowest BCUT2D eigenvalue weighted by Crippen LogP contribution is -2.24. The maximum absolute atomic E-state index is 11.8. The van der Waals surface area contributed by atoms with Crippen molar-refractivity contribution in [3.8, 4) is 0 Å². The highest BCUT2D eigenvalue weighted by Gasteiger charge is 2.16. The molecule has 8 heteroatoms. The second-order valence-corrected chi connectivity index (χ2v) is 4.96. The van der Waals surface area contributed by atoms with Gasteiger partial charge in [-0.25, -0.2) is 4.98 Å². The van der Waals surface area contributed by atoms with Crippen molar-refractivity contribution in [1.29, 1.82) is 0 Å². The summed E-state index contributed by atoms with van der Waals surface area (Å²) in [5.41, 5.74) is 1.89. The van der Waals surface area contributed by atoms with Gasteiger partial charge in [0.25, 0.3) is 5.91 Å². The fourth-order valence-electron chi connectivity index (χ4n) is 2.22. The van der Waals surface area contributed by atoms with Crippen LogP contribution in [0.25, 0.3) is 11.0 Å². The Labute approximate surface area is 130 Å². The minimum atomic E-state index is -0.682. The van der Waals surface area contributed by atoms with Crippen LogP contribution in [-0.2, 0) is 6.42 Å².